The van der Waals surface area contributed by atoms with E-state index in [-0.39, 0.29) is 0 Å². The third-order valence-corrected chi connectivity index (χ3v) is 5.01. The van der Waals surface area contributed by atoms with Crippen LogP contribution in [-0.4, -0.2) is 18.5 Å². The summed E-state index contributed by atoms with van der Waals surface area (Å²) in [4.78, 5) is 2.51. The second kappa shape index (κ2) is 4.19. The maximum Gasteiger partial charge on any atom is 0.0394 e. The number of hydrogen-bond acceptors (Lipinski definition) is 1. The molecule has 0 saturated heterocycles. The first-order chi connectivity index (χ1) is 9.24. The van der Waals surface area contributed by atoms with Crippen LogP contribution in [0, 0.1) is 0 Å². The van der Waals surface area contributed by atoms with Gasteiger partial charge in [-0.2, -0.15) is 0 Å². The van der Waals surface area contributed by atoms with Crippen molar-refractivity contribution in [1.29, 1.82) is 0 Å². The lowest BCUT2D eigenvalue weighted by Gasteiger charge is -2.39. The highest BCUT2D eigenvalue weighted by Crippen LogP contribution is 2.45. The first-order valence-electron chi connectivity index (χ1n) is 6.85. The molecular formula is C17H16BrN. The molecule has 0 amide bonds. The SMILES string of the molecule is CN1CCc2cc(Br)cc3c2[C@H]1Cc1ccccc1-3. The molecule has 1 nitrogen and oxygen atoms in total. The van der Waals surface area contributed by atoms with Gasteiger partial charge in [0.15, 0.2) is 0 Å². The number of fused-ring (bicyclic) bond motifs is 2. The molecule has 96 valence electrons. The average Bonchev–Trinajstić information content (AvgIpc) is 2.42. The van der Waals surface area contributed by atoms with Crippen molar-refractivity contribution >= 4 is 15.9 Å². The standard InChI is InChI=1S/C17H16BrN/c1-19-7-6-12-8-13(18)10-15-14-5-3-2-4-11(14)9-16(19)17(12)15/h2-5,8,10,16H,6-7,9H2,1H3/t16-/m1/s1. The average molecular weight is 314 g/mol. The maximum absolute atomic E-state index is 3.68. The molecule has 0 fully saturated rings. The van der Waals surface area contributed by atoms with Gasteiger partial charge in [0.05, 0.1) is 0 Å². The first-order valence-corrected chi connectivity index (χ1v) is 7.64. The minimum Gasteiger partial charge on any atom is -0.299 e. The number of halogens is 1. The summed E-state index contributed by atoms with van der Waals surface area (Å²) in [5, 5.41) is 0. The maximum atomic E-state index is 3.68. The molecule has 0 radical (unpaired) electrons. The molecule has 2 heteroatoms. The molecular weight excluding hydrogens is 298 g/mol. The van der Waals surface area contributed by atoms with Crippen molar-refractivity contribution in [3.63, 3.8) is 0 Å². The number of rotatable bonds is 0. The number of hydrogen-bond donors (Lipinski definition) is 0. The summed E-state index contributed by atoms with van der Waals surface area (Å²) in [6, 6.07) is 14.0. The Balaban J connectivity index is 2.05. The van der Waals surface area contributed by atoms with E-state index in [0.717, 1.165) is 19.4 Å². The third kappa shape index (κ3) is 1.70. The fourth-order valence-corrected chi connectivity index (χ4v) is 4.10. The minimum atomic E-state index is 0.557. The summed E-state index contributed by atoms with van der Waals surface area (Å²) < 4.78 is 1.21. The second-order valence-electron chi connectivity index (χ2n) is 5.63. The highest BCUT2D eigenvalue weighted by molar-refractivity contribution is 9.10. The van der Waals surface area contributed by atoms with Crippen molar-refractivity contribution in [2.24, 2.45) is 0 Å². The van der Waals surface area contributed by atoms with Gasteiger partial charge in [0.25, 0.3) is 0 Å². The normalized spacial score (nSPS) is 20.8. The predicted molar refractivity (Wildman–Crippen MR) is 82.4 cm³/mol. The number of likely N-dealkylation sites (N-methyl/N-ethyl adjacent to an activating group) is 1. The van der Waals surface area contributed by atoms with Crippen molar-refractivity contribution in [2.75, 3.05) is 13.6 Å². The zero-order chi connectivity index (χ0) is 13.0. The van der Waals surface area contributed by atoms with Crippen LogP contribution < -0.4 is 0 Å². The largest absolute Gasteiger partial charge is 0.299 e. The van der Waals surface area contributed by atoms with Gasteiger partial charge in [0, 0.05) is 17.1 Å². The van der Waals surface area contributed by atoms with Crippen LogP contribution in [0.15, 0.2) is 40.9 Å². The van der Waals surface area contributed by atoms with Crippen molar-refractivity contribution < 1.29 is 0 Å². The highest BCUT2D eigenvalue weighted by atomic mass is 79.9. The summed E-state index contributed by atoms with van der Waals surface area (Å²) >= 11 is 3.68. The monoisotopic (exact) mass is 313 g/mol. The summed E-state index contributed by atoms with van der Waals surface area (Å²) in [6.45, 7) is 1.16. The summed E-state index contributed by atoms with van der Waals surface area (Å²) in [6.07, 6.45) is 2.31. The van der Waals surface area contributed by atoms with Gasteiger partial charge < -0.3 is 0 Å². The topological polar surface area (TPSA) is 3.24 Å². The van der Waals surface area contributed by atoms with E-state index in [0.29, 0.717) is 6.04 Å². The first kappa shape index (κ1) is 11.7. The molecule has 1 atom stereocenters. The van der Waals surface area contributed by atoms with Crippen molar-refractivity contribution in [3.05, 3.63) is 57.6 Å². The molecule has 0 unspecified atom stereocenters. The Morgan fingerprint density at radius 3 is 2.84 bits per heavy atom. The number of benzene rings is 2. The van der Waals surface area contributed by atoms with Crippen LogP contribution in [0.4, 0.5) is 0 Å². The zero-order valence-corrected chi connectivity index (χ0v) is 12.6. The van der Waals surface area contributed by atoms with Crippen LogP contribution >= 0.6 is 15.9 Å². The summed E-state index contributed by atoms with van der Waals surface area (Å²) in [5.74, 6) is 0. The van der Waals surface area contributed by atoms with Crippen molar-refractivity contribution in [3.8, 4) is 11.1 Å². The van der Waals surface area contributed by atoms with Crippen LogP contribution in [0.5, 0.6) is 0 Å². The zero-order valence-electron chi connectivity index (χ0n) is 11.0. The van der Waals surface area contributed by atoms with E-state index in [2.05, 4.69) is 64.3 Å². The molecule has 1 aliphatic heterocycles. The Kier molecular flexibility index (Phi) is 2.58. The van der Waals surface area contributed by atoms with Gasteiger partial charge in [-0.05, 0) is 59.8 Å². The fraction of sp³-hybridized carbons (Fsp3) is 0.294. The lowest BCUT2D eigenvalue weighted by atomic mass is 9.77. The molecule has 2 aromatic carbocycles. The van der Waals surface area contributed by atoms with Gasteiger partial charge in [-0.3, -0.25) is 4.90 Å². The van der Waals surface area contributed by atoms with E-state index < -0.39 is 0 Å². The molecule has 2 aliphatic rings. The molecule has 1 aliphatic carbocycles. The number of nitrogens with zero attached hydrogens (tertiary/aromatic N) is 1. The smallest absolute Gasteiger partial charge is 0.0394 e. The molecule has 1 heterocycles. The van der Waals surface area contributed by atoms with E-state index in [1.807, 2.05) is 0 Å². The van der Waals surface area contributed by atoms with E-state index in [4.69, 9.17) is 0 Å². The Bertz CT molecular complexity index is 662. The van der Waals surface area contributed by atoms with Gasteiger partial charge in [-0.1, -0.05) is 40.2 Å². The van der Waals surface area contributed by atoms with Crippen molar-refractivity contribution in [1.82, 2.24) is 4.90 Å². The van der Waals surface area contributed by atoms with Crippen LogP contribution in [0.3, 0.4) is 0 Å². The molecule has 4 rings (SSSR count). The Morgan fingerprint density at radius 1 is 1.11 bits per heavy atom. The molecule has 0 aromatic heterocycles. The fourth-order valence-electron chi connectivity index (χ4n) is 3.60. The summed E-state index contributed by atoms with van der Waals surface area (Å²) in [5.41, 5.74) is 7.44. The van der Waals surface area contributed by atoms with E-state index in [9.17, 15) is 0 Å². The predicted octanol–water partition coefficient (Wildman–Crippen LogP) is 4.20. The Hall–Kier alpha value is -1.12. The van der Waals surface area contributed by atoms with Gasteiger partial charge in [-0.15, -0.1) is 0 Å². The van der Waals surface area contributed by atoms with E-state index in [1.165, 1.54) is 26.7 Å². The van der Waals surface area contributed by atoms with Crippen LogP contribution in [0.25, 0.3) is 11.1 Å². The molecule has 0 bridgehead atoms. The quantitative estimate of drug-likeness (QED) is 0.704. The second-order valence-corrected chi connectivity index (χ2v) is 6.55. The van der Waals surface area contributed by atoms with Crippen molar-refractivity contribution in [2.45, 2.75) is 18.9 Å². The molecule has 2 aromatic rings. The van der Waals surface area contributed by atoms with Crippen LogP contribution in [0.2, 0.25) is 0 Å². The van der Waals surface area contributed by atoms with E-state index >= 15 is 0 Å². The van der Waals surface area contributed by atoms with Gasteiger partial charge in [-0.25, -0.2) is 0 Å². The minimum absolute atomic E-state index is 0.557. The molecule has 0 saturated carbocycles. The van der Waals surface area contributed by atoms with Crippen LogP contribution in [-0.2, 0) is 12.8 Å². The highest BCUT2D eigenvalue weighted by Gasteiger charge is 2.32. The molecule has 19 heavy (non-hydrogen) atoms. The van der Waals surface area contributed by atoms with Gasteiger partial charge in [0.2, 0.25) is 0 Å². The van der Waals surface area contributed by atoms with Crippen LogP contribution in [0.1, 0.15) is 22.7 Å². The molecule has 0 spiro atoms. The Morgan fingerprint density at radius 2 is 1.95 bits per heavy atom. The van der Waals surface area contributed by atoms with E-state index in [1.54, 1.807) is 5.56 Å². The molecule has 0 N–H and O–H groups in total. The van der Waals surface area contributed by atoms with Gasteiger partial charge >= 0.3 is 0 Å². The summed E-state index contributed by atoms with van der Waals surface area (Å²) in [7, 11) is 2.26. The van der Waals surface area contributed by atoms with Gasteiger partial charge in [0.1, 0.15) is 0 Å². The lowest BCUT2D eigenvalue weighted by Crippen LogP contribution is -2.35. The lowest BCUT2D eigenvalue weighted by molar-refractivity contribution is 0.228. The Labute approximate surface area is 122 Å². The third-order valence-electron chi connectivity index (χ3n) is 4.55.